The van der Waals surface area contributed by atoms with Crippen molar-refractivity contribution in [3.8, 4) is 17.6 Å². The molecule has 0 amide bonds. The molecule has 5 heteroatoms. The topological polar surface area (TPSA) is 42.2 Å². The molecule has 0 aliphatic rings. The van der Waals surface area contributed by atoms with Gasteiger partial charge in [-0.1, -0.05) is 11.6 Å². The van der Waals surface area contributed by atoms with Crippen LogP contribution in [-0.2, 0) is 0 Å². The quantitative estimate of drug-likeness (QED) is 0.747. The molecule has 2 aromatic rings. The van der Waals surface area contributed by atoms with Gasteiger partial charge in [0.2, 0.25) is 0 Å². The van der Waals surface area contributed by atoms with Gasteiger partial charge in [0.05, 0.1) is 16.1 Å². The van der Waals surface area contributed by atoms with Gasteiger partial charge < -0.3 is 9.47 Å². The Hall–Kier alpha value is -1.70. The fourth-order valence-electron chi connectivity index (χ4n) is 1.53. The average molecular weight is 353 g/mol. The van der Waals surface area contributed by atoms with Gasteiger partial charge in [0.25, 0.3) is 0 Å². The molecule has 0 saturated heterocycles. The maximum Gasteiger partial charge on any atom is 0.133 e. The zero-order valence-electron chi connectivity index (χ0n) is 10.5. The lowest BCUT2D eigenvalue weighted by molar-refractivity contribution is 0.216. The van der Waals surface area contributed by atoms with Gasteiger partial charge >= 0.3 is 0 Å². The molecule has 3 nitrogen and oxygen atoms in total. The number of nitrogens with zero attached hydrogens (tertiary/aromatic N) is 1. The monoisotopic (exact) mass is 351 g/mol. The summed E-state index contributed by atoms with van der Waals surface area (Å²) in [6.07, 6.45) is 0. The Morgan fingerprint density at radius 3 is 2.40 bits per heavy atom. The van der Waals surface area contributed by atoms with Gasteiger partial charge in [-0.2, -0.15) is 5.26 Å². The van der Waals surface area contributed by atoms with E-state index >= 15 is 0 Å². The van der Waals surface area contributed by atoms with Gasteiger partial charge in [-0.05, 0) is 58.4 Å². The second-order valence-corrected chi connectivity index (χ2v) is 5.20. The smallest absolute Gasteiger partial charge is 0.133 e. The lowest BCUT2D eigenvalue weighted by Gasteiger charge is -2.09. The molecule has 0 unspecified atom stereocenters. The van der Waals surface area contributed by atoms with E-state index in [1.54, 1.807) is 42.5 Å². The summed E-state index contributed by atoms with van der Waals surface area (Å²) >= 11 is 9.15. The summed E-state index contributed by atoms with van der Waals surface area (Å²) < 4.78 is 11.8. The molecule has 0 radical (unpaired) electrons. The van der Waals surface area contributed by atoms with Crippen LogP contribution in [0.2, 0.25) is 5.02 Å². The van der Waals surface area contributed by atoms with Crippen LogP contribution in [0.25, 0.3) is 0 Å². The molecule has 2 rings (SSSR count). The van der Waals surface area contributed by atoms with E-state index in [-0.39, 0.29) is 0 Å². The van der Waals surface area contributed by atoms with Gasteiger partial charge in [0, 0.05) is 5.02 Å². The summed E-state index contributed by atoms with van der Waals surface area (Å²) in [5, 5.41) is 9.45. The minimum atomic E-state index is 0.410. The third-order valence-electron chi connectivity index (χ3n) is 2.48. The number of hydrogen-bond acceptors (Lipinski definition) is 3. The molecule has 0 aliphatic heterocycles. The second-order valence-electron chi connectivity index (χ2n) is 3.91. The Balaban J connectivity index is 1.81. The normalized spacial score (nSPS) is 9.85. The summed E-state index contributed by atoms with van der Waals surface area (Å²) in [4.78, 5) is 0. The van der Waals surface area contributed by atoms with Crippen LogP contribution < -0.4 is 9.47 Å². The van der Waals surface area contributed by atoms with E-state index in [0.717, 1.165) is 10.2 Å². The van der Waals surface area contributed by atoms with Crippen molar-refractivity contribution in [1.82, 2.24) is 0 Å². The Morgan fingerprint density at radius 2 is 1.75 bits per heavy atom. The molecule has 0 fully saturated rings. The van der Waals surface area contributed by atoms with Crippen LogP contribution in [0.3, 0.4) is 0 Å². The molecule has 20 heavy (non-hydrogen) atoms. The number of nitriles is 1. The van der Waals surface area contributed by atoms with Gasteiger partial charge in [-0.15, -0.1) is 0 Å². The maximum atomic E-state index is 8.77. The predicted molar refractivity (Wildman–Crippen MR) is 81.3 cm³/mol. The fourth-order valence-corrected chi connectivity index (χ4v) is 2.15. The van der Waals surface area contributed by atoms with Crippen LogP contribution >= 0.6 is 27.5 Å². The number of benzene rings is 2. The first-order valence-corrected chi connectivity index (χ1v) is 7.07. The van der Waals surface area contributed by atoms with E-state index in [0.29, 0.717) is 29.5 Å². The molecule has 0 aliphatic carbocycles. The molecule has 0 N–H and O–H groups in total. The Bertz CT molecular complexity index is 623. The SMILES string of the molecule is N#Cc1ccc(OCCOc2ccc(Cl)cc2)c(Br)c1. The zero-order chi connectivity index (χ0) is 14.4. The van der Waals surface area contributed by atoms with Crippen molar-refractivity contribution < 1.29 is 9.47 Å². The predicted octanol–water partition coefficient (Wildman–Crippen LogP) is 4.43. The van der Waals surface area contributed by atoms with E-state index in [4.69, 9.17) is 26.3 Å². The molecular weight excluding hydrogens is 342 g/mol. The van der Waals surface area contributed by atoms with Crippen molar-refractivity contribution in [2.24, 2.45) is 0 Å². The largest absolute Gasteiger partial charge is 0.490 e. The highest BCUT2D eigenvalue weighted by Crippen LogP contribution is 2.25. The standard InChI is InChI=1S/C15H11BrClNO2/c16-14-9-11(10-18)1-6-15(14)20-8-7-19-13-4-2-12(17)3-5-13/h1-6,9H,7-8H2. The molecule has 2 aromatic carbocycles. The first-order valence-electron chi connectivity index (χ1n) is 5.90. The zero-order valence-corrected chi connectivity index (χ0v) is 12.8. The highest BCUT2D eigenvalue weighted by Gasteiger charge is 2.02. The molecule has 0 bridgehead atoms. The van der Waals surface area contributed by atoms with E-state index < -0.39 is 0 Å². The van der Waals surface area contributed by atoms with E-state index in [1.165, 1.54) is 0 Å². The van der Waals surface area contributed by atoms with Crippen LogP contribution in [0.1, 0.15) is 5.56 Å². The number of ether oxygens (including phenoxy) is 2. The van der Waals surface area contributed by atoms with Crippen molar-refractivity contribution in [3.05, 3.63) is 57.5 Å². The third kappa shape index (κ3) is 4.16. The molecule has 0 heterocycles. The van der Waals surface area contributed by atoms with Gasteiger partial charge in [-0.3, -0.25) is 0 Å². The third-order valence-corrected chi connectivity index (χ3v) is 3.36. The highest BCUT2D eigenvalue weighted by atomic mass is 79.9. The van der Waals surface area contributed by atoms with Crippen LogP contribution in [-0.4, -0.2) is 13.2 Å². The summed E-state index contributed by atoms with van der Waals surface area (Å²) in [6.45, 7) is 0.835. The molecule has 0 spiro atoms. The number of rotatable bonds is 5. The van der Waals surface area contributed by atoms with Crippen LogP contribution in [0.5, 0.6) is 11.5 Å². The van der Waals surface area contributed by atoms with Crippen molar-refractivity contribution in [3.63, 3.8) is 0 Å². The lowest BCUT2D eigenvalue weighted by atomic mass is 10.2. The highest BCUT2D eigenvalue weighted by molar-refractivity contribution is 9.10. The van der Waals surface area contributed by atoms with Gasteiger partial charge in [-0.25, -0.2) is 0 Å². The summed E-state index contributed by atoms with van der Waals surface area (Å²) in [5.41, 5.74) is 0.585. The summed E-state index contributed by atoms with van der Waals surface area (Å²) in [5.74, 6) is 1.43. The number of hydrogen-bond donors (Lipinski definition) is 0. The van der Waals surface area contributed by atoms with Crippen molar-refractivity contribution >= 4 is 27.5 Å². The van der Waals surface area contributed by atoms with Crippen molar-refractivity contribution in [2.45, 2.75) is 0 Å². The van der Waals surface area contributed by atoms with E-state index in [1.807, 2.05) is 0 Å². The van der Waals surface area contributed by atoms with Crippen LogP contribution in [0.4, 0.5) is 0 Å². The second kappa shape index (κ2) is 7.18. The molecule has 0 aromatic heterocycles. The summed E-state index contributed by atoms with van der Waals surface area (Å²) in [7, 11) is 0. The maximum absolute atomic E-state index is 8.77. The Morgan fingerprint density at radius 1 is 1.05 bits per heavy atom. The van der Waals surface area contributed by atoms with Gasteiger partial charge in [0.1, 0.15) is 24.7 Å². The molecule has 102 valence electrons. The molecule has 0 saturated carbocycles. The lowest BCUT2D eigenvalue weighted by Crippen LogP contribution is -2.09. The number of halogens is 2. The van der Waals surface area contributed by atoms with E-state index in [9.17, 15) is 0 Å². The van der Waals surface area contributed by atoms with Crippen LogP contribution in [0.15, 0.2) is 46.9 Å². The Kier molecular flexibility index (Phi) is 5.28. The van der Waals surface area contributed by atoms with Gasteiger partial charge in [0.15, 0.2) is 0 Å². The molecular formula is C15H11BrClNO2. The fraction of sp³-hybridized carbons (Fsp3) is 0.133. The average Bonchev–Trinajstić information content (AvgIpc) is 2.46. The van der Waals surface area contributed by atoms with Crippen LogP contribution in [0, 0.1) is 11.3 Å². The first kappa shape index (κ1) is 14.7. The first-order chi connectivity index (χ1) is 9.69. The minimum Gasteiger partial charge on any atom is -0.490 e. The van der Waals surface area contributed by atoms with Crippen molar-refractivity contribution in [1.29, 1.82) is 5.26 Å². The van der Waals surface area contributed by atoms with E-state index in [2.05, 4.69) is 22.0 Å². The minimum absolute atomic E-state index is 0.410. The Labute approximate surface area is 130 Å². The van der Waals surface area contributed by atoms with Crippen molar-refractivity contribution in [2.75, 3.05) is 13.2 Å². The molecule has 0 atom stereocenters. The summed E-state index contributed by atoms with van der Waals surface area (Å²) in [6, 6.07) is 14.4.